The molecule has 1 aliphatic heterocycles. The molecule has 8 nitrogen and oxygen atoms in total. The Morgan fingerprint density at radius 3 is 2.70 bits per heavy atom. The maximum atomic E-state index is 12.6. The monoisotopic (exact) mass is 403 g/mol. The summed E-state index contributed by atoms with van der Waals surface area (Å²) in [5, 5.41) is 17.3. The molecule has 1 saturated heterocycles. The minimum absolute atomic E-state index is 0.00583. The zero-order chi connectivity index (χ0) is 21.1. The standard InChI is InChI=1S/C22H21N5O3/c1-14(16-8-4-9-17(12-16)27(29)30)23-26-22(28)21-13-20(24-25-21)19-11-5-7-15-6-2-3-10-18(15)19/h2-12,20-21,24-25H,13H2,1H3,(H,26,28)/b23-14+. The first-order valence-corrected chi connectivity index (χ1v) is 9.60. The van der Waals surface area contributed by atoms with E-state index in [4.69, 9.17) is 0 Å². The van der Waals surface area contributed by atoms with Gasteiger partial charge in [0.05, 0.1) is 10.6 Å². The lowest BCUT2D eigenvalue weighted by molar-refractivity contribution is -0.384. The van der Waals surface area contributed by atoms with Gasteiger partial charge in [0.15, 0.2) is 0 Å². The fourth-order valence-corrected chi connectivity index (χ4v) is 3.61. The third-order valence-corrected chi connectivity index (χ3v) is 5.23. The third kappa shape index (κ3) is 4.05. The Morgan fingerprint density at radius 2 is 1.87 bits per heavy atom. The lowest BCUT2D eigenvalue weighted by atomic mass is 9.96. The van der Waals surface area contributed by atoms with Crippen molar-refractivity contribution in [1.29, 1.82) is 0 Å². The van der Waals surface area contributed by atoms with Gasteiger partial charge < -0.3 is 0 Å². The molecule has 1 fully saturated rings. The molecule has 0 saturated carbocycles. The van der Waals surface area contributed by atoms with E-state index in [1.807, 2.05) is 18.2 Å². The summed E-state index contributed by atoms with van der Waals surface area (Å²) in [5.74, 6) is -0.269. The summed E-state index contributed by atoms with van der Waals surface area (Å²) in [6, 6.07) is 20.0. The lowest BCUT2D eigenvalue weighted by Crippen LogP contribution is -2.41. The van der Waals surface area contributed by atoms with Gasteiger partial charge in [0.25, 0.3) is 11.6 Å². The number of non-ortho nitro benzene ring substituents is 1. The molecule has 2 unspecified atom stereocenters. The highest BCUT2D eigenvalue weighted by Gasteiger charge is 2.30. The number of rotatable bonds is 5. The van der Waals surface area contributed by atoms with E-state index in [0.29, 0.717) is 17.7 Å². The Balaban J connectivity index is 1.43. The van der Waals surface area contributed by atoms with E-state index in [9.17, 15) is 14.9 Å². The molecule has 0 aliphatic carbocycles. The van der Waals surface area contributed by atoms with Gasteiger partial charge >= 0.3 is 0 Å². The number of hydrogen-bond donors (Lipinski definition) is 3. The maximum absolute atomic E-state index is 12.6. The first kappa shape index (κ1) is 19.7. The van der Waals surface area contributed by atoms with Gasteiger partial charge in [-0.25, -0.2) is 16.3 Å². The number of amides is 1. The number of hydrazone groups is 1. The summed E-state index contributed by atoms with van der Waals surface area (Å²) in [6.45, 7) is 1.69. The van der Waals surface area contributed by atoms with Gasteiger partial charge in [-0.3, -0.25) is 14.9 Å². The Kier molecular flexibility index (Phi) is 5.51. The third-order valence-electron chi connectivity index (χ3n) is 5.23. The smallest absolute Gasteiger partial charge is 0.270 e. The lowest BCUT2D eigenvalue weighted by Gasteiger charge is -2.13. The molecule has 0 spiro atoms. The molecule has 3 aromatic rings. The molecule has 30 heavy (non-hydrogen) atoms. The molecule has 4 rings (SSSR count). The number of benzene rings is 3. The summed E-state index contributed by atoms with van der Waals surface area (Å²) >= 11 is 0. The van der Waals surface area contributed by atoms with Crippen LogP contribution in [0.3, 0.4) is 0 Å². The molecule has 8 heteroatoms. The molecule has 3 N–H and O–H groups in total. The predicted octanol–water partition coefficient (Wildman–Crippen LogP) is 3.20. The van der Waals surface area contributed by atoms with E-state index >= 15 is 0 Å². The fraction of sp³-hybridized carbons (Fsp3) is 0.182. The van der Waals surface area contributed by atoms with Crippen LogP contribution >= 0.6 is 0 Å². The average molecular weight is 403 g/mol. The molecule has 2 atom stereocenters. The van der Waals surface area contributed by atoms with Crippen molar-refractivity contribution in [3.63, 3.8) is 0 Å². The number of nitro benzene ring substituents is 1. The van der Waals surface area contributed by atoms with Crippen LogP contribution in [0.2, 0.25) is 0 Å². The topological polar surface area (TPSA) is 109 Å². The van der Waals surface area contributed by atoms with Gasteiger partial charge in [0.2, 0.25) is 0 Å². The van der Waals surface area contributed by atoms with Gasteiger partial charge in [-0.2, -0.15) is 5.10 Å². The van der Waals surface area contributed by atoms with Gasteiger partial charge in [0, 0.05) is 23.7 Å². The van der Waals surface area contributed by atoms with Crippen LogP contribution in [-0.4, -0.2) is 22.6 Å². The van der Waals surface area contributed by atoms with Crippen LogP contribution in [0.4, 0.5) is 5.69 Å². The highest BCUT2D eigenvalue weighted by atomic mass is 16.6. The molecular formula is C22H21N5O3. The average Bonchev–Trinajstić information content (AvgIpc) is 3.27. The summed E-state index contributed by atoms with van der Waals surface area (Å²) in [4.78, 5) is 23.0. The number of carbonyl (C=O) groups is 1. The summed E-state index contributed by atoms with van der Waals surface area (Å²) in [5.41, 5.74) is 11.0. The zero-order valence-corrected chi connectivity index (χ0v) is 16.3. The van der Waals surface area contributed by atoms with Crippen molar-refractivity contribution in [1.82, 2.24) is 16.3 Å². The Hall–Kier alpha value is -3.62. The van der Waals surface area contributed by atoms with Crippen LogP contribution in [0.5, 0.6) is 0 Å². The van der Waals surface area contributed by atoms with Crippen LogP contribution in [0.1, 0.15) is 30.5 Å². The van der Waals surface area contributed by atoms with E-state index in [-0.39, 0.29) is 17.6 Å². The molecule has 152 valence electrons. The Morgan fingerprint density at radius 1 is 1.10 bits per heavy atom. The van der Waals surface area contributed by atoms with E-state index in [1.165, 1.54) is 12.1 Å². The van der Waals surface area contributed by atoms with Crippen molar-refractivity contribution >= 4 is 28.1 Å². The quantitative estimate of drug-likeness (QED) is 0.344. The van der Waals surface area contributed by atoms with Crippen LogP contribution < -0.4 is 16.3 Å². The van der Waals surface area contributed by atoms with E-state index in [0.717, 1.165) is 16.3 Å². The first-order chi connectivity index (χ1) is 14.5. The predicted molar refractivity (Wildman–Crippen MR) is 115 cm³/mol. The van der Waals surface area contributed by atoms with Crippen molar-refractivity contribution in [3.05, 3.63) is 88.0 Å². The van der Waals surface area contributed by atoms with Crippen molar-refractivity contribution in [3.8, 4) is 0 Å². The Labute approximate surface area is 173 Å². The van der Waals surface area contributed by atoms with Gasteiger partial charge in [-0.1, -0.05) is 54.6 Å². The molecule has 1 aliphatic rings. The number of fused-ring (bicyclic) bond motifs is 1. The van der Waals surface area contributed by atoms with Crippen molar-refractivity contribution < 1.29 is 9.72 Å². The molecular weight excluding hydrogens is 382 g/mol. The first-order valence-electron chi connectivity index (χ1n) is 9.60. The normalized spacial score (nSPS) is 19.0. The fourth-order valence-electron chi connectivity index (χ4n) is 3.61. The number of hydrogen-bond acceptors (Lipinski definition) is 6. The number of hydrazine groups is 1. The minimum Gasteiger partial charge on any atom is -0.271 e. The highest BCUT2D eigenvalue weighted by molar-refractivity contribution is 6.00. The number of nitrogens with zero attached hydrogens (tertiary/aromatic N) is 2. The second kappa shape index (κ2) is 8.40. The van der Waals surface area contributed by atoms with Crippen molar-refractivity contribution in [2.45, 2.75) is 25.4 Å². The Bertz CT molecular complexity index is 1140. The largest absolute Gasteiger partial charge is 0.271 e. The molecule has 0 radical (unpaired) electrons. The van der Waals surface area contributed by atoms with Gasteiger partial charge in [0.1, 0.15) is 6.04 Å². The maximum Gasteiger partial charge on any atom is 0.270 e. The zero-order valence-electron chi connectivity index (χ0n) is 16.3. The van der Waals surface area contributed by atoms with Gasteiger partial charge in [-0.15, -0.1) is 0 Å². The SMILES string of the molecule is C/C(=N\NC(=O)C1CC(c2cccc3ccccc23)NN1)c1cccc([N+](=O)[O-])c1. The summed E-state index contributed by atoms with van der Waals surface area (Å²) in [7, 11) is 0. The van der Waals surface area contributed by atoms with E-state index in [1.54, 1.807) is 19.1 Å². The molecule has 1 amide bonds. The van der Waals surface area contributed by atoms with E-state index < -0.39 is 11.0 Å². The summed E-state index contributed by atoms with van der Waals surface area (Å²) < 4.78 is 0. The summed E-state index contributed by atoms with van der Waals surface area (Å²) in [6.07, 6.45) is 0.575. The van der Waals surface area contributed by atoms with Crippen molar-refractivity contribution in [2.75, 3.05) is 0 Å². The number of carbonyl (C=O) groups excluding carboxylic acids is 1. The molecule has 3 aromatic carbocycles. The van der Waals surface area contributed by atoms with Gasteiger partial charge in [-0.05, 0) is 29.7 Å². The van der Waals surface area contributed by atoms with E-state index in [2.05, 4.69) is 45.6 Å². The number of nitrogens with one attached hydrogen (secondary N) is 3. The molecule has 0 bridgehead atoms. The van der Waals surface area contributed by atoms with Crippen LogP contribution in [0.15, 0.2) is 71.8 Å². The number of nitro groups is 1. The molecule has 1 heterocycles. The van der Waals surface area contributed by atoms with Crippen LogP contribution in [-0.2, 0) is 4.79 Å². The second-order valence-corrected chi connectivity index (χ2v) is 7.18. The molecule has 0 aromatic heterocycles. The highest BCUT2D eigenvalue weighted by Crippen LogP contribution is 2.29. The second-order valence-electron chi connectivity index (χ2n) is 7.18. The van der Waals surface area contributed by atoms with Crippen LogP contribution in [0, 0.1) is 10.1 Å². The minimum atomic E-state index is -0.461. The van der Waals surface area contributed by atoms with Crippen molar-refractivity contribution in [2.24, 2.45) is 5.10 Å². The van der Waals surface area contributed by atoms with Crippen LogP contribution in [0.25, 0.3) is 10.8 Å².